The number of hydrogen-bond acceptors (Lipinski definition) is 7. The van der Waals surface area contributed by atoms with Crippen LogP contribution in [0.3, 0.4) is 0 Å². The maximum atomic E-state index is 6.13. The molecule has 3 atom stereocenters. The average molecular weight is 287 g/mol. The van der Waals surface area contributed by atoms with Crippen molar-refractivity contribution in [3.05, 3.63) is 30.2 Å². The minimum absolute atomic E-state index is 0.0471. The molecule has 0 amide bonds. The van der Waals surface area contributed by atoms with E-state index in [2.05, 4.69) is 25.0 Å². The van der Waals surface area contributed by atoms with Crippen molar-refractivity contribution in [3.8, 4) is 0 Å². The van der Waals surface area contributed by atoms with Crippen LogP contribution in [0.2, 0.25) is 0 Å². The predicted molar refractivity (Wildman–Crippen MR) is 73.6 cm³/mol. The Morgan fingerprint density at radius 1 is 1.29 bits per heavy atom. The lowest BCUT2D eigenvalue weighted by molar-refractivity contribution is 0.0265. The number of anilines is 1. The number of piperidine rings is 1. The highest BCUT2D eigenvalue weighted by atomic mass is 16.5. The van der Waals surface area contributed by atoms with Crippen LogP contribution in [0.25, 0.3) is 0 Å². The standard InChI is InChI=1S/C14H17N5O2/c1-9-17-13(18-21-9)11-7-10-3-6-19(8-12(10)20-11)14-15-4-2-5-16-14/h2,4-5,10-12H,3,6-8H2,1H3/t10-,11+,12+/m0/s1. The first kappa shape index (κ1) is 12.7. The van der Waals surface area contributed by atoms with Crippen LogP contribution in [0.5, 0.6) is 0 Å². The molecule has 2 fully saturated rings. The Morgan fingerprint density at radius 3 is 2.90 bits per heavy atom. The summed E-state index contributed by atoms with van der Waals surface area (Å²) >= 11 is 0. The van der Waals surface area contributed by atoms with Crippen LogP contribution < -0.4 is 4.90 Å². The van der Waals surface area contributed by atoms with E-state index in [-0.39, 0.29) is 12.2 Å². The molecule has 0 radical (unpaired) electrons. The summed E-state index contributed by atoms with van der Waals surface area (Å²) in [7, 11) is 0. The Bertz CT molecular complexity index is 617. The number of hydrogen-bond donors (Lipinski definition) is 0. The molecule has 4 heterocycles. The molecule has 2 aromatic heterocycles. The van der Waals surface area contributed by atoms with Gasteiger partial charge in [0.15, 0.2) is 0 Å². The normalized spacial score (nSPS) is 28.6. The Hall–Kier alpha value is -2.02. The molecule has 0 spiro atoms. The smallest absolute Gasteiger partial charge is 0.225 e. The summed E-state index contributed by atoms with van der Waals surface area (Å²) in [6.07, 6.45) is 5.73. The molecule has 21 heavy (non-hydrogen) atoms. The third-order valence-electron chi connectivity index (χ3n) is 4.22. The highest BCUT2D eigenvalue weighted by Gasteiger charge is 2.41. The van der Waals surface area contributed by atoms with Gasteiger partial charge in [0.2, 0.25) is 17.7 Å². The number of aryl methyl sites for hydroxylation is 1. The first-order chi connectivity index (χ1) is 10.3. The molecule has 0 saturated carbocycles. The third-order valence-corrected chi connectivity index (χ3v) is 4.22. The van der Waals surface area contributed by atoms with Crippen LogP contribution in [0.15, 0.2) is 23.0 Å². The molecular formula is C14H17N5O2. The molecule has 4 rings (SSSR count). The monoisotopic (exact) mass is 287 g/mol. The quantitative estimate of drug-likeness (QED) is 0.828. The first-order valence-corrected chi connectivity index (χ1v) is 7.27. The van der Waals surface area contributed by atoms with Crippen LogP contribution in [-0.2, 0) is 4.74 Å². The molecule has 2 aromatic rings. The molecule has 0 N–H and O–H groups in total. The minimum Gasteiger partial charge on any atom is -0.365 e. The maximum Gasteiger partial charge on any atom is 0.225 e. The summed E-state index contributed by atoms with van der Waals surface area (Å²) in [4.78, 5) is 15.1. The SMILES string of the molecule is Cc1nc([C@H]2C[C@@H]3CCN(c4ncccn4)C[C@H]3O2)no1. The molecule has 2 saturated heterocycles. The van der Waals surface area contributed by atoms with E-state index < -0.39 is 0 Å². The molecule has 110 valence electrons. The number of nitrogens with zero attached hydrogens (tertiary/aromatic N) is 5. The minimum atomic E-state index is -0.0471. The van der Waals surface area contributed by atoms with Crippen molar-refractivity contribution in [1.29, 1.82) is 0 Å². The predicted octanol–water partition coefficient (Wildman–Crippen LogP) is 1.52. The summed E-state index contributed by atoms with van der Waals surface area (Å²) in [6, 6.07) is 1.83. The second-order valence-corrected chi connectivity index (χ2v) is 5.61. The lowest BCUT2D eigenvalue weighted by atomic mass is 9.92. The molecule has 7 nitrogen and oxygen atoms in total. The largest absolute Gasteiger partial charge is 0.365 e. The van der Waals surface area contributed by atoms with Crippen LogP contribution in [0.1, 0.15) is 30.7 Å². The fourth-order valence-electron chi connectivity index (χ4n) is 3.18. The third kappa shape index (κ3) is 2.37. The van der Waals surface area contributed by atoms with Gasteiger partial charge in [-0.2, -0.15) is 4.98 Å². The van der Waals surface area contributed by atoms with Crippen LogP contribution in [0, 0.1) is 12.8 Å². The molecule has 2 aliphatic rings. The van der Waals surface area contributed by atoms with E-state index in [1.807, 2.05) is 6.07 Å². The zero-order valence-electron chi connectivity index (χ0n) is 11.8. The number of rotatable bonds is 2. The molecule has 0 aliphatic carbocycles. The van der Waals surface area contributed by atoms with Crippen molar-refractivity contribution in [3.63, 3.8) is 0 Å². The van der Waals surface area contributed by atoms with Gasteiger partial charge in [-0.05, 0) is 24.8 Å². The van der Waals surface area contributed by atoms with E-state index in [4.69, 9.17) is 9.26 Å². The van der Waals surface area contributed by atoms with Crippen LogP contribution >= 0.6 is 0 Å². The summed E-state index contributed by atoms with van der Waals surface area (Å²) in [5.74, 6) is 2.58. The van der Waals surface area contributed by atoms with Crippen molar-refractivity contribution < 1.29 is 9.26 Å². The van der Waals surface area contributed by atoms with Gasteiger partial charge in [0.1, 0.15) is 6.10 Å². The van der Waals surface area contributed by atoms with Crippen molar-refractivity contribution in [2.45, 2.75) is 32.0 Å². The van der Waals surface area contributed by atoms with Gasteiger partial charge < -0.3 is 14.2 Å². The van der Waals surface area contributed by atoms with Crippen molar-refractivity contribution in [2.24, 2.45) is 5.92 Å². The summed E-state index contributed by atoms with van der Waals surface area (Å²) in [5, 5.41) is 3.98. The van der Waals surface area contributed by atoms with Crippen molar-refractivity contribution in [1.82, 2.24) is 20.1 Å². The Balaban J connectivity index is 1.47. The second-order valence-electron chi connectivity index (χ2n) is 5.61. The highest BCUT2D eigenvalue weighted by Crippen LogP contribution is 2.40. The summed E-state index contributed by atoms with van der Waals surface area (Å²) in [6.45, 7) is 3.58. The molecule has 0 aromatic carbocycles. The molecular weight excluding hydrogens is 270 g/mol. The Morgan fingerprint density at radius 2 is 2.14 bits per heavy atom. The fourth-order valence-corrected chi connectivity index (χ4v) is 3.18. The van der Waals surface area contributed by atoms with Gasteiger partial charge in [0.25, 0.3) is 0 Å². The van der Waals surface area contributed by atoms with Gasteiger partial charge in [-0.25, -0.2) is 9.97 Å². The van der Waals surface area contributed by atoms with Crippen molar-refractivity contribution in [2.75, 3.05) is 18.0 Å². The first-order valence-electron chi connectivity index (χ1n) is 7.27. The van der Waals surface area contributed by atoms with E-state index in [9.17, 15) is 0 Å². The van der Waals surface area contributed by atoms with E-state index in [0.717, 1.165) is 31.9 Å². The zero-order chi connectivity index (χ0) is 14.2. The lowest BCUT2D eigenvalue weighted by Crippen LogP contribution is -2.43. The fraction of sp³-hybridized carbons (Fsp3) is 0.571. The van der Waals surface area contributed by atoms with E-state index in [0.29, 0.717) is 17.6 Å². The van der Waals surface area contributed by atoms with Gasteiger partial charge in [-0.15, -0.1) is 0 Å². The van der Waals surface area contributed by atoms with Crippen LogP contribution in [-0.4, -0.2) is 39.3 Å². The molecule has 7 heteroatoms. The number of ether oxygens (including phenoxy) is 1. The topological polar surface area (TPSA) is 77.2 Å². The number of aromatic nitrogens is 4. The second kappa shape index (κ2) is 5.07. The van der Waals surface area contributed by atoms with Gasteiger partial charge in [0, 0.05) is 32.4 Å². The summed E-state index contributed by atoms with van der Waals surface area (Å²) < 4.78 is 11.2. The molecule has 0 unspecified atom stereocenters. The average Bonchev–Trinajstić information content (AvgIpc) is 3.13. The van der Waals surface area contributed by atoms with Gasteiger partial charge in [-0.3, -0.25) is 0 Å². The molecule has 0 bridgehead atoms. The Labute approximate surface area is 122 Å². The van der Waals surface area contributed by atoms with E-state index >= 15 is 0 Å². The molecule has 2 aliphatic heterocycles. The van der Waals surface area contributed by atoms with Gasteiger partial charge in [0.05, 0.1) is 6.10 Å². The van der Waals surface area contributed by atoms with Crippen LogP contribution in [0.4, 0.5) is 5.95 Å². The zero-order valence-corrected chi connectivity index (χ0v) is 11.8. The lowest BCUT2D eigenvalue weighted by Gasteiger charge is -2.33. The van der Waals surface area contributed by atoms with Crippen molar-refractivity contribution >= 4 is 5.95 Å². The maximum absolute atomic E-state index is 6.13. The highest BCUT2D eigenvalue weighted by molar-refractivity contribution is 5.30. The van der Waals surface area contributed by atoms with E-state index in [1.54, 1.807) is 19.3 Å². The number of fused-ring (bicyclic) bond motifs is 1. The van der Waals surface area contributed by atoms with Gasteiger partial charge >= 0.3 is 0 Å². The summed E-state index contributed by atoms with van der Waals surface area (Å²) in [5.41, 5.74) is 0. The Kier molecular flexibility index (Phi) is 3.07. The van der Waals surface area contributed by atoms with Gasteiger partial charge in [-0.1, -0.05) is 5.16 Å². The van der Waals surface area contributed by atoms with E-state index in [1.165, 1.54) is 0 Å².